The smallest absolute Gasteiger partial charge is 0.0976 e. The van der Waals surface area contributed by atoms with Gasteiger partial charge in [0.1, 0.15) is 0 Å². The number of ether oxygens (including phenoxy) is 1. The molecule has 2 rings (SSSR count). The van der Waals surface area contributed by atoms with Crippen LogP contribution in [-0.2, 0) is 4.74 Å². The van der Waals surface area contributed by atoms with E-state index in [2.05, 4.69) is 32.2 Å². The Bertz CT molecular complexity index is 378. The summed E-state index contributed by atoms with van der Waals surface area (Å²) in [5.41, 5.74) is 1.19. The van der Waals surface area contributed by atoms with Crippen LogP contribution in [0.25, 0.3) is 0 Å². The van der Waals surface area contributed by atoms with E-state index in [-0.39, 0.29) is 11.6 Å². The van der Waals surface area contributed by atoms with Crippen LogP contribution < -0.4 is 5.32 Å². The normalized spacial score (nSPS) is 29.0. The number of morpholine rings is 1. The minimum atomic E-state index is 0.0501. The molecule has 1 saturated heterocycles. The lowest BCUT2D eigenvalue weighted by molar-refractivity contribution is -0.0495. The number of rotatable bonds is 1. The van der Waals surface area contributed by atoms with Crippen LogP contribution in [0.4, 0.5) is 0 Å². The fourth-order valence-corrected chi connectivity index (χ4v) is 2.44. The first-order chi connectivity index (χ1) is 7.48. The Labute approximate surface area is 102 Å². The molecule has 1 aromatic carbocycles. The Morgan fingerprint density at radius 3 is 2.81 bits per heavy atom. The van der Waals surface area contributed by atoms with Crippen molar-refractivity contribution in [3.05, 3.63) is 34.9 Å². The molecule has 1 aromatic rings. The zero-order valence-electron chi connectivity index (χ0n) is 9.96. The lowest BCUT2D eigenvalue weighted by atomic mass is 9.96. The maximum absolute atomic E-state index is 5.99. The molecule has 1 fully saturated rings. The van der Waals surface area contributed by atoms with Gasteiger partial charge in [-0.15, -0.1) is 0 Å². The van der Waals surface area contributed by atoms with Crippen molar-refractivity contribution in [1.82, 2.24) is 5.32 Å². The molecule has 1 aliphatic rings. The van der Waals surface area contributed by atoms with E-state index in [0.29, 0.717) is 12.6 Å². The quantitative estimate of drug-likeness (QED) is 0.813. The summed E-state index contributed by atoms with van der Waals surface area (Å²) in [7, 11) is 0. The molecule has 88 valence electrons. The van der Waals surface area contributed by atoms with Crippen LogP contribution in [0.15, 0.2) is 24.3 Å². The second-order valence-corrected chi connectivity index (χ2v) is 5.54. The summed E-state index contributed by atoms with van der Waals surface area (Å²) in [6.45, 7) is 7.16. The number of halogens is 1. The molecule has 0 spiro atoms. The van der Waals surface area contributed by atoms with Crippen LogP contribution in [0.3, 0.4) is 0 Å². The Balaban J connectivity index is 2.17. The van der Waals surface area contributed by atoms with E-state index < -0.39 is 0 Å². The molecule has 0 bridgehead atoms. The highest BCUT2D eigenvalue weighted by Gasteiger charge is 2.33. The Kier molecular flexibility index (Phi) is 3.24. The van der Waals surface area contributed by atoms with E-state index in [1.54, 1.807) is 0 Å². The third-order valence-electron chi connectivity index (χ3n) is 2.87. The van der Waals surface area contributed by atoms with Gasteiger partial charge in [0.05, 0.1) is 12.7 Å². The van der Waals surface area contributed by atoms with Crippen molar-refractivity contribution < 1.29 is 4.74 Å². The average molecular weight is 240 g/mol. The van der Waals surface area contributed by atoms with Gasteiger partial charge in [0.25, 0.3) is 0 Å². The molecule has 1 unspecified atom stereocenters. The molecule has 0 amide bonds. The molecule has 0 aromatic heterocycles. The topological polar surface area (TPSA) is 21.3 Å². The molecule has 2 nitrogen and oxygen atoms in total. The monoisotopic (exact) mass is 239 g/mol. The molecule has 16 heavy (non-hydrogen) atoms. The van der Waals surface area contributed by atoms with E-state index in [1.165, 1.54) is 0 Å². The lowest BCUT2D eigenvalue weighted by Crippen LogP contribution is -2.55. The van der Waals surface area contributed by atoms with Crippen molar-refractivity contribution in [2.75, 3.05) is 6.61 Å². The lowest BCUT2D eigenvalue weighted by Gasteiger charge is -2.41. The van der Waals surface area contributed by atoms with Crippen LogP contribution in [0, 0.1) is 0 Å². The van der Waals surface area contributed by atoms with Gasteiger partial charge in [-0.25, -0.2) is 0 Å². The fraction of sp³-hybridized carbons (Fsp3) is 0.538. The van der Waals surface area contributed by atoms with Gasteiger partial charge < -0.3 is 10.1 Å². The van der Waals surface area contributed by atoms with Gasteiger partial charge >= 0.3 is 0 Å². The highest BCUT2D eigenvalue weighted by molar-refractivity contribution is 6.30. The van der Waals surface area contributed by atoms with Crippen molar-refractivity contribution in [1.29, 1.82) is 0 Å². The standard InChI is InChI=1S/C13H18ClNO/c1-9-12(16-8-13(2,3)15-9)10-5-4-6-11(14)7-10/h4-7,9,12,15H,8H2,1-3H3/t9-,12?/m0/s1. The van der Waals surface area contributed by atoms with Crippen LogP contribution >= 0.6 is 11.6 Å². The van der Waals surface area contributed by atoms with Crippen LogP contribution in [-0.4, -0.2) is 18.2 Å². The van der Waals surface area contributed by atoms with Crippen LogP contribution in [0.2, 0.25) is 5.02 Å². The van der Waals surface area contributed by atoms with E-state index in [0.717, 1.165) is 10.6 Å². The third kappa shape index (κ3) is 2.57. The van der Waals surface area contributed by atoms with Crippen molar-refractivity contribution >= 4 is 11.6 Å². The minimum absolute atomic E-state index is 0.0501. The molecule has 1 heterocycles. The first kappa shape index (κ1) is 11.9. The Morgan fingerprint density at radius 1 is 1.44 bits per heavy atom. The van der Waals surface area contributed by atoms with Crippen molar-refractivity contribution in [2.24, 2.45) is 0 Å². The average Bonchev–Trinajstić information content (AvgIpc) is 2.15. The summed E-state index contributed by atoms with van der Waals surface area (Å²) >= 11 is 5.99. The van der Waals surface area contributed by atoms with Gasteiger partial charge in [-0.1, -0.05) is 23.7 Å². The Morgan fingerprint density at radius 2 is 2.19 bits per heavy atom. The Hall–Kier alpha value is -0.570. The van der Waals surface area contributed by atoms with Gasteiger partial charge in [-0.2, -0.15) is 0 Å². The summed E-state index contributed by atoms with van der Waals surface area (Å²) in [6, 6.07) is 8.18. The van der Waals surface area contributed by atoms with Gasteiger partial charge in [0, 0.05) is 16.6 Å². The zero-order valence-corrected chi connectivity index (χ0v) is 10.7. The number of hydrogen-bond acceptors (Lipinski definition) is 2. The van der Waals surface area contributed by atoms with E-state index >= 15 is 0 Å². The summed E-state index contributed by atoms with van der Waals surface area (Å²) in [4.78, 5) is 0. The summed E-state index contributed by atoms with van der Waals surface area (Å²) in [6.07, 6.45) is 0.0896. The highest BCUT2D eigenvalue weighted by atomic mass is 35.5. The maximum atomic E-state index is 5.99. The van der Waals surface area contributed by atoms with Gasteiger partial charge in [0.15, 0.2) is 0 Å². The fourth-order valence-electron chi connectivity index (χ4n) is 2.24. The molecule has 1 N–H and O–H groups in total. The first-order valence-electron chi connectivity index (χ1n) is 5.63. The minimum Gasteiger partial charge on any atom is -0.370 e. The highest BCUT2D eigenvalue weighted by Crippen LogP contribution is 2.29. The molecule has 2 atom stereocenters. The largest absolute Gasteiger partial charge is 0.370 e. The van der Waals surface area contributed by atoms with Crippen molar-refractivity contribution in [3.8, 4) is 0 Å². The third-order valence-corrected chi connectivity index (χ3v) is 3.11. The molecular formula is C13H18ClNO. The van der Waals surface area contributed by atoms with Gasteiger partial charge in [-0.05, 0) is 38.5 Å². The van der Waals surface area contributed by atoms with E-state index in [1.807, 2.05) is 18.2 Å². The molecule has 0 radical (unpaired) electrons. The molecule has 0 aliphatic carbocycles. The van der Waals surface area contributed by atoms with Crippen molar-refractivity contribution in [3.63, 3.8) is 0 Å². The van der Waals surface area contributed by atoms with E-state index in [4.69, 9.17) is 16.3 Å². The summed E-state index contributed by atoms with van der Waals surface area (Å²) < 4.78 is 5.93. The molecular weight excluding hydrogens is 222 g/mol. The molecule has 1 aliphatic heterocycles. The summed E-state index contributed by atoms with van der Waals surface area (Å²) in [5, 5.41) is 4.32. The predicted octanol–water partition coefficient (Wildman–Crippen LogP) is 3.17. The van der Waals surface area contributed by atoms with Gasteiger partial charge in [-0.3, -0.25) is 0 Å². The number of benzene rings is 1. The molecule has 0 saturated carbocycles. The van der Waals surface area contributed by atoms with Crippen LogP contribution in [0.1, 0.15) is 32.4 Å². The van der Waals surface area contributed by atoms with Crippen LogP contribution in [0.5, 0.6) is 0 Å². The van der Waals surface area contributed by atoms with E-state index in [9.17, 15) is 0 Å². The molecule has 3 heteroatoms. The second-order valence-electron chi connectivity index (χ2n) is 5.10. The summed E-state index contributed by atoms with van der Waals surface area (Å²) in [5.74, 6) is 0. The maximum Gasteiger partial charge on any atom is 0.0976 e. The van der Waals surface area contributed by atoms with Gasteiger partial charge in [0.2, 0.25) is 0 Å². The van der Waals surface area contributed by atoms with Crippen molar-refractivity contribution in [2.45, 2.75) is 38.5 Å². The number of nitrogens with one attached hydrogen (secondary N) is 1. The SMILES string of the molecule is C[C@@H]1NC(C)(C)COC1c1cccc(Cl)c1. The first-order valence-corrected chi connectivity index (χ1v) is 6.00. The predicted molar refractivity (Wildman–Crippen MR) is 66.8 cm³/mol. The second kappa shape index (κ2) is 4.36. The number of hydrogen-bond donors (Lipinski definition) is 1. The zero-order chi connectivity index (χ0) is 11.8.